The van der Waals surface area contributed by atoms with Gasteiger partial charge in [0, 0.05) is 12.6 Å². The van der Waals surface area contributed by atoms with Gasteiger partial charge in [0.2, 0.25) is 0 Å². The molecule has 2 amide bonds. The third-order valence-corrected chi connectivity index (χ3v) is 4.57. The molecule has 2 heterocycles. The van der Waals surface area contributed by atoms with Crippen molar-refractivity contribution in [1.82, 2.24) is 4.90 Å². The summed E-state index contributed by atoms with van der Waals surface area (Å²) in [6.07, 6.45) is 0.594. The Balaban J connectivity index is 1.33. The fourth-order valence-corrected chi connectivity index (χ4v) is 3.00. The smallest absolute Gasteiger partial charge is 0.261 e. The molecule has 0 saturated carbocycles. The van der Waals surface area contributed by atoms with Gasteiger partial charge in [-0.25, -0.2) is 0 Å². The molecule has 7 heteroatoms. The van der Waals surface area contributed by atoms with E-state index in [4.69, 9.17) is 14.2 Å². The highest BCUT2D eigenvalue weighted by molar-refractivity contribution is 6.21. The second kappa shape index (κ2) is 7.71. The maximum Gasteiger partial charge on any atom is 0.261 e. The standard InChI is InChI=1S/C21H18N2O5/c22-11-14-6-7-15(27-12-16-13-28-16)10-19(14)26-9-3-8-23-20(24)17-4-1-2-5-18(17)21(23)25/h1-2,4-7,10,16H,3,8-9,12-13H2. The Morgan fingerprint density at radius 2 is 1.82 bits per heavy atom. The largest absolute Gasteiger partial charge is 0.492 e. The van der Waals surface area contributed by atoms with Crippen LogP contribution in [0.4, 0.5) is 0 Å². The predicted octanol–water partition coefficient (Wildman–Crippen LogP) is 2.40. The number of rotatable bonds is 8. The van der Waals surface area contributed by atoms with Crippen LogP contribution < -0.4 is 9.47 Å². The van der Waals surface area contributed by atoms with Crippen LogP contribution in [0.25, 0.3) is 0 Å². The van der Waals surface area contributed by atoms with Crippen LogP contribution in [0.2, 0.25) is 0 Å². The Hall–Kier alpha value is -3.37. The van der Waals surface area contributed by atoms with Crippen LogP contribution in [0.5, 0.6) is 11.5 Å². The Bertz CT molecular complexity index is 927. The van der Waals surface area contributed by atoms with Crippen molar-refractivity contribution in [3.05, 3.63) is 59.2 Å². The molecule has 4 rings (SSSR count). The van der Waals surface area contributed by atoms with Crippen LogP contribution >= 0.6 is 0 Å². The van der Waals surface area contributed by atoms with E-state index in [2.05, 4.69) is 6.07 Å². The molecular weight excluding hydrogens is 360 g/mol. The number of amides is 2. The molecule has 1 saturated heterocycles. The van der Waals surface area contributed by atoms with Crippen LogP contribution in [0, 0.1) is 11.3 Å². The van der Waals surface area contributed by atoms with Gasteiger partial charge < -0.3 is 14.2 Å². The molecule has 28 heavy (non-hydrogen) atoms. The number of epoxide rings is 1. The molecule has 0 spiro atoms. The second-order valence-electron chi connectivity index (χ2n) is 6.55. The average Bonchev–Trinajstić information content (AvgIpc) is 3.52. The van der Waals surface area contributed by atoms with Crippen LogP contribution in [0.1, 0.15) is 32.7 Å². The van der Waals surface area contributed by atoms with Crippen LogP contribution in [0.15, 0.2) is 42.5 Å². The zero-order valence-electron chi connectivity index (χ0n) is 15.1. The highest BCUT2D eigenvalue weighted by Gasteiger charge is 2.34. The number of benzene rings is 2. The molecule has 1 fully saturated rings. The number of fused-ring (bicyclic) bond motifs is 1. The molecular formula is C21H18N2O5. The first-order valence-corrected chi connectivity index (χ1v) is 9.04. The first-order chi connectivity index (χ1) is 13.7. The van der Waals surface area contributed by atoms with Crippen molar-refractivity contribution in [3.8, 4) is 17.6 Å². The maximum atomic E-state index is 12.3. The number of imide groups is 1. The van der Waals surface area contributed by atoms with E-state index in [1.165, 1.54) is 4.90 Å². The molecule has 2 aliphatic rings. The Labute approximate surface area is 162 Å². The number of carbonyl (C=O) groups excluding carboxylic acids is 2. The van der Waals surface area contributed by atoms with Gasteiger partial charge >= 0.3 is 0 Å². The summed E-state index contributed by atoms with van der Waals surface area (Å²) in [5.74, 6) is 0.455. The van der Waals surface area contributed by atoms with E-state index >= 15 is 0 Å². The maximum absolute atomic E-state index is 12.3. The third-order valence-electron chi connectivity index (χ3n) is 4.57. The monoisotopic (exact) mass is 378 g/mol. The molecule has 0 bridgehead atoms. The normalized spacial score (nSPS) is 17.2. The van der Waals surface area contributed by atoms with Crippen molar-refractivity contribution in [2.24, 2.45) is 0 Å². The quantitative estimate of drug-likeness (QED) is 0.398. The average molecular weight is 378 g/mol. The van der Waals surface area contributed by atoms with Gasteiger partial charge in [-0.05, 0) is 30.7 Å². The van der Waals surface area contributed by atoms with Crippen molar-refractivity contribution < 1.29 is 23.8 Å². The first-order valence-electron chi connectivity index (χ1n) is 9.04. The Morgan fingerprint density at radius 3 is 2.46 bits per heavy atom. The SMILES string of the molecule is N#Cc1ccc(OCC2CO2)cc1OCCCN1C(=O)c2ccccc2C1=O. The summed E-state index contributed by atoms with van der Waals surface area (Å²) in [5.41, 5.74) is 1.27. The summed E-state index contributed by atoms with van der Waals surface area (Å²) in [5, 5.41) is 9.25. The lowest BCUT2D eigenvalue weighted by Crippen LogP contribution is -2.31. The number of nitrogens with zero attached hydrogens (tertiary/aromatic N) is 2. The summed E-state index contributed by atoms with van der Waals surface area (Å²) in [6.45, 7) is 1.68. The summed E-state index contributed by atoms with van der Waals surface area (Å²) in [4.78, 5) is 25.9. The summed E-state index contributed by atoms with van der Waals surface area (Å²) < 4.78 is 16.4. The molecule has 0 aromatic heterocycles. The van der Waals surface area contributed by atoms with Crippen molar-refractivity contribution in [3.63, 3.8) is 0 Å². The molecule has 0 radical (unpaired) electrons. The van der Waals surface area contributed by atoms with Gasteiger partial charge in [-0.3, -0.25) is 14.5 Å². The van der Waals surface area contributed by atoms with E-state index < -0.39 is 0 Å². The minimum absolute atomic E-state index is 0.139. The fourth-order valence-electron chi connectivity index (χ4n) is 3.00. The number of ether oxygens (including phenoxy) is 3. The molecule has 142 valence electrons. The lowest BCUT2D eigenvalue weighted by atomic mass is 10.1. The number of hydrogen-bond donors (Lipinski definition) is 0. The number of hydrogen-bond acceptors (Lipinski definition) is 6. The molecule has 0 aliphatic carbocycles. The summed E-state index contributed by atoms with van der Waals surface area (Å²) in [6, 6.07) is 13.9. The van der Waals surface area contributed by atoms with Gasteiger partial charge in [0.1, 0.15) is 30.3 Å². The Kier molecular flexibility index (Phi) is 4.96. The number of nitriles is 1. The van der Waals surface area contributed by atoms with Gasteiger partial charge in [-0.2, -0.15) is 5.26 Å². The van der Waals surface area contributed by atoms with E-state index in [0.717, 1.165) is 0 Å². The molecule has 1 unspecified atom stereocenters. The van der Waals surface area contributed by atoms with Crippen LogP contribution in [-0.2, 0) is 4.74 Å². The van der Waals surface area contributed by atoms with E-state index in [-0.39, 0.29) is 31.1 Å². The lowest BCUT2D eigenvalue weighted by Gasteiger charge is -2.15. The van der Waals surface area contributed by atoms with Gasteiger partial charge in [-0.15, -0.1) is 0 Å². The van der Waals surface area contributed by atoms with E-state index in [1.807, 2.05) is 0 Å². The van der Waals surface area contributed by atoms with Crippen molar-refractivity contribution in [2.45, 2.75) is 12.5 Å². The topological polar surface area (TPSA) is 92.2 Å². The van der Waals surface area contributed by atoms with Crippen LogP contribution in [0.3, 0.4) is 0 Å². The molecule has 2 aromatic carbocycles. The van der Waals surface area contributed by atoms with Gasteiger partial charge in [-0.1, -0.05) is 12.1 Å². The number of carbonyl (C=O) groups is 2. The zero-order valence-corrected chi connectivity index (χ0v) is 15.1. The third kappa shape index (κ3) is 3.68. The molecule has 1 atom stereocenters. The van der Waals surface area contributed by atoms with Gasteiger partial charge in [0.25, 0.3) is 11.8 Å². The van der Waals surface area contributed by atoms with Crippen LogP contribution in [-0.4, -0.2) is 49.2 Å². The van der Waals surface area contributed by atoms with Crippen molar-refractivity contribution in [1.29, 1.82) is 5.26 Å². The van der Waals surface area contributed by atoms with Gasteiger partial charge in [0.15, 0.2) is 0 Å². The summed E-state index contributed by atoms with van der Waals surface area (Å²) in [7, 11) is 0. The fraction of sp³-hybridized carbons (Fsp3) is 0.286. The molecule has 0 N–H and O–H groups in total. The zero-order chi connectivity index (χ0) is 19.5. The van der Waals surface area contributed by atoms with E-state index in [0.29, 0.717) is 47.8 Å². The van der Waals surface area contributed by atoms with Crippen molar-refractivity contribution >= 4 is 11.8 Å². The highest BCUT2D eigenvalue weighted by Crippen LogP contribution is 2.26. The van der Waals surface area contributed by atoms with E-state index in [9.17, 15) is 14.9 Å². The minimum Gasteiger partial charge on any atom is -0.492 e. The van der Waals surface area contributed by atoms with Gasteiger partial charge in [0.05, 0.1) is 29.9 Å². The molecule has 2 aromatic rings. The lowest BCUT2D eigenvalue weighted by molar-refractivity contribution is 0.0646. The predicted molar refractivity (Wildman–Crippen MR) is 98.3 cm³/mol. The Morgan fingerprint density at radius 1 is 1.11 bits per heavy atom. The highest BCUT2D eigenvalue weighted by atomic mass is 16.6. The first kappa shape index (κ1) is 18.0. The van der Waals surface area contributed by atoms with E-state index in [1.54, 1.807) is 42.5 Å². The summed E-state index contributed by atoms with van der Waals surface area (Å²) >= 11 is 0. The second-order valence-corrected chi connectivity index (χ2v) is 6.55. The molecule has 2 aliphatic heterocycles. The van der Waals surface area contributed by atoms with Crippen molar-refractivity contribution in [2.75, 3.05) is 26.4 Å². The molecule has 7 nitrogen and oxygen atoms in total. The minimum atomic E-state index is -0.281.